The van der Waals surface area contributed by atoms with E-state index in [1.165, 1.54) is 12.3 Å². The maximum atomic E-state index is 13.1. The van der Waals surface area contributed by atoms with Gasteiger partial charge >= 0.3 is 6.18 Å². The van der Waals surface area contributed by atoms with Crippen molar-refractivity contribution in [2.24, 2.45) is 0 Å². The number of hydrogen-bond acceptors (Lipinski definition) is 1. The lowest BCUT2D eigenvalue weighted by Gasteiger charge is -2.25. The molecule has 0 saturated carbocycles. The maximum Gasteiger partial charge on any atom is 0.416 e. The highest BCUT2D eigenvalue weighted by molar-refractivity contribution is 5.84. The zero-order valence-electron chi connectivity index (χ0n) is 10.5. The predicted molar refractivity (Wildman–Crippen MR) is 65.4 cm³/mol. The minimum atomic E-state index is -4.35. The second-order valence-corrected chi connectivity index (χ2v) is 5.31. The molecule has 2 aromatic rings. The fourth-order valence-corrected chi connectivity index (χ4v) is 2.14. The van der Waals surface area contributed by atoms with Crippen LogP contribution in [0.3, 0.4) is 0 Å². The van der Waals surface area contributed by atoms with Crippen LogP contribution in [0.25, 0.3) is 10.9 Å². The molecule has 0 saturated heterocycles. The Morgan fingerprint density at radius 1 is 1.00 bits per heavy atom. The van der Waals surface area contributed by atoms with Crippen LogP contribution in [-0.4, -0.2) is 4.98 Å². The Labute approximate surface area is 104 Å². The molecular formula is C14H14F3N. The molecule has 0 bridgehead atoms. The van der Waals surface area contributed by atoms with Crippen LogP contribution in [0.1, 0.15) is 31.9 Å². The van der Waals surface area contributed by atoms with Gasteiger partial charge in [-0.2, -0.15) is 13.2 Å². The summed E-state index contributed by atoms with van der Waals surface area (Å²) in [6.07, 6.45) is -2.83. The van der Waals surface area contributed by atoms with E-state index in [1.807, 2.05) is 0 Å². The zero-order valence-corrected chi connectivity index (χ0v) is 10.5. The lowest BCUT2D eigenvalue weighted by atomic mass is 9.82. The lowest BCUT2D eigenvalue weighted by molar-refractivity contribution is -0.138. The van der Waals surface area contributed by atoms with Crippen molar-refractivity contribution in [3.05, 3.63) is 41.6 Å². The van der Waals surface area contributed by atoms with E-state index in [1.54, 1.807) is 32.9 Å². The van der Waals surface area contributed by atoms with E-state index in [4.69, 9.17) is 0 Å². The van der Waals surface area contributed by atoms with E-state index in [-0.39, 0.29) is 5.56 Å². The van der Waals surface area contributed by atoms with Gasteiger partial charge in [0.05, 0.1) is 11.1 Å². The van der Waals surface area contributed by atoms with Gasteiger partial charge in [0, 0.05) is 11.6 Å². The number of alkyl halides is 3. The number of fused-ring (bicyclic) bond motifs is 1. The van der Waals surface area contributed by atoms with Crippen LogP contribution in [0.2, 0.25) is 0 Å². The summed E-state index contributed by atoms with van der Waals surface area (Å²) in [6.45, 7) is 5.31. The van der Waals surface area contributed by atoms with Crippen LogP contribution in [0.15, 0.2) is 30.5 Å². The maximum absolute atomic E-state index is 13.1. The second-order valence-electron chi connectivity index (χ2n) is 5.31. The van der Waals surface area contributed by atoms with Crippen molar-refractivity contribution >= 4 is 10.9 Å². The van der Waals surface area contributed by atoms with Gasteiger partial charge in [-0.25, -0.2) is 0 Å². The third-order valence-corrected chi connectivity index (χ3v) is 2.83. The first-order valence-corrected chi connectivity index (χ1v) is 5.66. The van der Waals surface area contributed by atoms with Crippen LogP contribution in [0.5, 0.6) is 0 Å². The van der Waals surface area contributed by atoms with Crippen LogP contribution in [-0.2, 0) is 11.6 Å². The van der Waals surface area contributed by atoms with Crippen molar-refractivity contribution in [1.82, 2.24) is 4.98 Å². The van der Waals surface area contributed by atoms with Gasteiger partial charge in [-0.1, -0.05) is 32.9 Å². The Balaban J connectivity index is 2.89. The van der Waals surface area contributed by atoms with Crippen LogP contribution >= 0.6 is 0 Å². The molecule has 0 aliphatic heterocycles. The molecular weight excluding hydrogens is 239 g/mol. The number of aromatic nitrogens is 1. The molecule has 96 valence electrons. The molecule has 0 spiro atoms. The van der Waals surface area contributed by atoms with E-state index < -0.39 is 17.2 Å². The molecule has 0 aliphatic carbocycles. The van der Waals surface area contributed by atoms with Gasteiger partial charge in [0.15, 0.2) is 0 Å². The molecule has 4 heteroatoms. The number of halogens is 3. The Kier molecular flexibility index (Phi) is 2.84. The standard InChI is InChI=1S/C14H14F3N/c1-13(2,3)11-10(14(15,16)17)7-6-9-5-4-8-18-12(9)11/h4-8H,1-3H3. The highest BCUT2D eigenvalue weighted by Gasteiger charge is 2.37. The summed E-state index contributed by atoms with van der Waals surface area (Å²) >= 11 is 0. The Morgan fingerprint density at radius 3 is 2.22 bits per heavy atom. The monoisotopic (exact) mass is 253 g/mol. The molecule has 0 fully saturated rings. The number of benzene rings is 1. The van der Waals surface area contributed by atoms with Crippen molar-refractivity contribution in [2.75, 3.05) is 0 Å². The summed E-state index contributed by atoms with van der Waals surface area (Å²) in [5.41, 5.74) is -0.521. The smallest absolute Gasteiger partial charge is 0.256 e. The van der Waals surface area contributed by atoms with Gasteiger partial charge < -0.3 is 0 Å². The first kappa shape index (κ1) is 12.9. The zero-order chi connectivity index (χ0) is 13.6. The Hall–Kier alpha value is -1.58. The predicted octanol–water partition coefficient (Wildman–Crippen LogP) is 4.55. The van der Waals surface area contributed by atoms with Gasteiger partial charge in [0.25, 0.3) is 0 Å². The van der Waals surface area contributed by atoms with Gasteiger partial charge in [-0.3, -0.25) is 4.98 Å². The SMILES string of the molecule is CC(C)(C)c1c(C(F)(F)F)ccc2cccnc12. The molecule has 1 aromatic heterocycles. The van der Waals surface area contributed by atoms with Crippen molar-refractivity contribution in [3.63, 3.8) is 0 Å². The molecule has 0 aliphatic rings. The van der Waals surface area contributed by atoms with Crippen molar-refractivity contribution in [3.8, 4) is 0 Å². The third kappa shape index (κ3) is 2.19. The highest BCUT2D eigenvalue weighted by atomic mass is 19.4. The molecule has 1 aromatic carbocycles. The summed E-state index contributed by atoms with van der Waals surface area (Å²) in [5, 5.41) is 0.732. The van der Waals surface area contributed by atoms with E-state index in [2.05, 4.69) is 4.98 Å². The molecule has 1 nitrogen and oxygen atoms in total. The van der Waals surface area contributed by atoms with Crippen LogP contribution < -0.4 is 0 Å². The molecule has 0 radical (unpaired) electrons. The average molecular weight is 253 g/mol. The third-order valence-electron chi connectivity index (χ3n) is 2.83. The topological polar surface area (TPSA) is 12.9 Å². The molecule has 0 N–H and O–H groups in total. The Bertz CT molecular complexity index is 580. The van der Waals surface area contributed by atoms with Gasteiger partial charge in [-0.05, 0) is 23.1 Å². The largest absolute Gasteiger partial charge is 0.416 e. The van der Waals surface area contributed by atoms with Crippen LogP contribution in [0, 0.1) is 0 Å². The molecule has 0 atom stereocenters. The summed E-state index contributed by atoms with van der Waals surface area (Å²) in [6, 6.07) is 6.12. The highest BCUT2D eigenvalue weighted by Crippen LogP contribution is 2.40. The van der Waals surface area contributed by atoms with Gasteiger partial charge in [0.2, 0.25) is 0 Å². The summed E-state index contributed by atoms with van der Waals surface area (Å²) in [4.78, 5) is 4.12. The van der Waals surface area contributed by atoms with E-state index in [9.17, 15) is 13.2 Å². The van der Waals surface area contributed by atoms with Gasteiger partial charge in [0.1, 0.15) is 0 Å². The van der Waals surface area contributed by atoms with Gasteiger partial charge in [-0.15, -0.1) is 0 Å². The number of pyridine rings is 1. The molecule has 0 unspecified atom stereocenters. The van der Waals surface area contributed by atoms with Crippen molar-refractivity contribution in [1.29, 1.82) is 0 Å². The van der Waals surface area contributed by atoms with E-state index >= 15 is 0 Å². The molecule has 0 amide bonds. The Morgan fingerprint density at radius 2 is 1.67 bits per heavy atom. The summed E-state index contributed by atoms with van der Waals surface area (Å²) < 4.78 is 39.2. The number of hydrogen-bond donors (Lipinski definition) is 0. The number of nitrogens with zero attached hydrogens (tertiary/aromatic N) is 1. The first-order valence-electron chi connectivity index (χ1n) is 5.66. The fraction of sp³-hybridized carbons (Fsp3) is 0.357. The lowest BCUT2D eigenvalue weighted by Crippen LogP contribution is -2.20. The van der Waals surface area contributed by atoms with E-state index in [0.717, 1.165) is 11.5 Å². The minimum absolute atomic E-state index is 0.258. The van der Waals surface area contributed by atoms with E-state index in [0.29, 0.717) is 5.52 Å². The van der Waals surface area contributed by atoms with Crippen molar-refractivity contribution in [2.45, 2.75) is 32.4 Å². The average Bonchev–Trinajstić information content (AvgIpc) is 2.24. The quantitative estimate of drug-likeness (QED) is 0.671. The molecule has 18 heavy (non-hydrogen) atoms. The second kappa shape index (κ2) is 3.97. The van der Waals surface area contributed by atoms with Crippen molar-refractivity contribution < 1.29 is 13.2 Å². The molecule has 1 heterocycles. The van der Waals surface area contributed by atoms with Crippen LogP contribution in [0.4, 0.5) is 13.2 Å². The summed E-state index contributed by atoms with van der Waals surface area (Å²) in [7, 11) is 0. The minimum Gasteiger partial charge on any atom is -0.256 e. The first-order chi connectivity index (χ1) is 8.21. The fourth-order valence-electron chi connectivity index (χ4n) is 2.14. The molecule has 2 rings (SSSR count). The number of rotatable bonds is 0. The summed E-state index contributed by atoms with van der Waals surface area (Å²) in [5.74, 6) is 0. The normalized spacial score (nSPS) is 13.0.